The lowest BCUT2D eigenvalue weighted by Gasteiger charge is -2.06. The number of hydrogen-bond acceptors (Lipinski definition) is 1. The number of rotatable bonds is 1. The van der Waals surface area contributed by atoms with Gasteiger partial charge in [-0.05, 0) is 41.3 Å². The minimum atomic E-state index is -0.221. The summed E-state index contributed by atoms with van der Waals surface area (Å²) in [7, 11) is 1.79. The van der Waals surface area contributed by atoms with Gasteiger partial charge < -0.3 is 4.90 Å². The molecule has 0 N–H and O–H groups in total. The lowest BCUT2D eigenvalue weighted by molar-refractivity contribution is 0.0816. The van der Waals surface area contributed by atoms with E-state index in [1.165, 1.54) is 6.07 Å². The number of fused-ring (bicyclic) bond motifs is 1. The average Bonchev–Trinajstić information content (AvgIpc) is 2.68. The van der Waals surface area contributed by atoms with Gasteiger partial charge in [0.1, 0.15) is 5.82 Å². The Morgan fingerprint density at radius 1 is 1.11 bits per heavy atom. The van der Waals surface area contributed by atoms with Gasteiger partial charge >= 0.3 is 0 Å². The molecule has 0 saturated carbocycles. The first-order valence-corrected chi connectivity index (χ1v) is 6.21. The van der Waals surface area contributed by atoms with Crippen molar-refractivity contribution in [2.45, 2.75) is 13.5 Å². The maximum atomic E-state index is 13.6. The predicted octanol–water partition coefficient (Wildman–Crippen LogP) is 3.39. The van der Waals surface area contributed by atoms with E-state index in [0.717, 1.165) is 22.3 Å². The first kappa shape index (κ1) is 11.9. The number of carbonyl (C=O) groups excluding carboxylic acids is 1. The Kier molecular flexibility index (Phi) is 2.63. The Bertz CT molecular complexity index is 678. The number of amides is 1. The zero-order valence-corrected chi connectivity index (χ0v) is 10.9. The summed E-state index contributed by atoms with van der Waals surface area (Å²) in [6.45, 7) is 2.39. The average molecular weight is 255 g/mol. The van der Waals surface area contributed by atoms with Crippen molar-refractivity contribution in [1.82, 2.24) is 4.90 Å². The second-order valence-electron chi connectivity index (χ2n) is 5.00. The fourth-order valence-electron chi connectivity index (χ4n) is 2.40. The summed E-state index contributed by atoms with van der Waals surface area (Å²) in [6, 6.07) is 10.9. The first-order chi connectivity index (χ1) is 9.06. The molecule has 96 valence electrons. The lowest BCUT2D eigenvalue weighted by Crippen LogP contribution is -2.17. The highest BCUT2D eigenvalue weighted by Gasteiger charge is 2.24. The molecule has 1 aliphatic heterocycles. The Labute approximate surface area is 111 Å². The third-order valence-corrected chi connectivity index (χ3v) is 3.60. The van der Waals surface area contributed by atoms with Crippen LogP contribution < -0.4 is 0 Å². The highest BCUT2D eigenvalue weighted by Crippen LogP contribution is 2.28. The van der Waals surface area contributed by atoms with Crippen molar-refractivity contribution < 1.29 is 9.18 Å². The van der Waals surface area contributed by atoms with Crippen molar-refractivity contribution in [3.05, 3.63) is 58.9 Å². The molecule has 0 aliphatic carbocycles. The molecular weight excluding hydrogens is 241 g/mol. The normalized spacial score (nSPS) is 13.8. The third kappa shape index (κ3) is 1.91. The molecule has 1 aliphatic rings. The van der Waals surface area contributed by atoms with Crippen LogP contribution in [0.2, 0.25) is 0 Å². The smallest absolute Gasteiger partial charge is 0.254 e. The standard InChI is InChI=1S/C16H14FNO/c1-10-3-4-12(8-15(10)17)11-5-6-13-9-18(2)16(19)14(13)7-11/h3-8H,9H2,1-2H3. The minimum Gasteiger partial charge on any atom is -0.337 e. The van der Waals surface area contributed by atoms with Crippen LogP contribution in [-0.4, -0.2) is 17.9 Å². The van der Waals surface area contributed by atoms with Gasteiger partial charge in [-0.1, -0.05) is 24.3 Å². The van der Waals surface area contributed by atoms with Crippen LogP contribution in [0.25, 0.3) is 11.1 Å². The summed E-state index contributed by atoms with van der Waals surface area (Å²) < 4.78 is 13.6. The van der Waals surface area contributed by atoms with Gasteiger partial charge in [0.15, 0.2) is 0 Å². The van der Waals surface area contributed by atoms with Gasteiger partial charge in [0.2, 0.25) is 0 Å². The van der Waals surface area contributed by atoms with Crippen molar-refractivity contribution in [3.63, 3.8) is 0 Å². The molecular formula is C16H14FNO. The molecule has 2 aromatic carbocycles. The molecule has 3 rings (SSSR count). The van der Waals surface area contributed by atoms with E-state index in [1.807, 2.05) is 24.3 Å². The number of nitrogens with zero attached hydrogens (tertiary/aromatic N) is 1. The van der Waals surface area contributed by atoms with Crippen LogP contribution in [0.4, 0.5) is 4.39 Å². The number of carbonyl (C=O) groups is 1. The SMILES string of the molecule is Cc1ccc(-c2ccc3c(c2)C(=O)N(C)C3)cc1F. The summed E-state index contributed by atoms with van der Waals surface area (Å²) in [5.74, 6) is -0.189. The van der Waals surface area contributed by atoms with E-state index in [0.29, 0.717) is 12.1 Å². The van der Waals surface area contributed by atoms with Crippen LogP contribution in [0.15, 0.2) is 36.4 Å². The predicted molar refractivity (Wildman–Crippen MR) is 72.4 cm³/mol. The van der Waals surface area contributed by atoms with Gasteiger partial charge in [0, 0.05) is 19.2 Å². The van der Waals surface area contributed by atoms with E-state index in [1.54, 1.807) is 24.9 Å². The molecule has 0 unspecified atom stereocenters. The number of halogens is 1. The van der Waals surface area contributed by atoms with E-state index < -0.39 is 0 Å². The molecule has 2 aromatic rings. The first-order valence-electron chi connectivity index (χ1n) is 6.21. The largest absolute Gasteiger partial charge is 0.337 e. The second kappa shape index (κ2) is 4.19. The molecule has 0 fully saturated rings. The van der Waals surface area contributed by atoms with Crippen LogP contribution in [0, 0.1) is 12.7 Å². The van der Waals surface area contributed by atoms with Gasteiger partial charge in [-0.3, -0.25) is 4.79 Å². The summed E-state index contributed by atoms with van der Waals surface area (Å²) in [5.41, 5.74) is 4.06. The maximum Gasteiger partial charge on any atom is 0.254 e. The number of aryl methyl sites for hydroxylation is 1. The third-order valence-electron chi connectivity index (χ3n) is 3.60. The fraction of sp³-hybridized carbons (Fsp3) is 0.188. The van der Waals surface area contributed by atoms with E-state index in [-0.39, 0.29) is 11.7 Å². The number of benzene rings is 2. The zero-order valence-electron chi connectivity index (χ0n) is 10.9. The lowest BCUT2D eigenvalue weighted by atomic mass is 9.99. The van der Waals surface area contributed by atoms with Crippen molar-refractivity contribution in [3.8, 4) is 11.1 Å². The van der Waals surface area contributed by atoms with E-state index >= 15 is 0 Å². The van der Waals surface area contributed by atoms with Crippen molar-refractivity contribution >= 4 is 5.91 Å². The summed E-state index contributed by atoms with van der Waals surface area (Å²) in [6.07, 6.45) is 0. The molecule has 0 atom stereocenters. The Balaban J connectivity index is 2.08. The van der Waals surface area contributed by atoms with Gasteiger partial charge in [0.05, 0.1) is 0 Å². The molecule has 0 spiro atoms. The molecule has 0 bridgehead atoms. The molecule has 2 nitrogen and oxygen atoms in total. The number of hydrogen-bond donors (Lipinski definition) is 0. The van der Waals surface area contributed by atoms with Gasteiger partial charge in [-0.2, -0.15) is 0 Å². The van der Waals surface area contributed by atoms with Crippen molar-refractivity contribution in [2.24, 2.45) is 0 Å². The van der Waals surface area contributed by atoms with Crippen molar-refractivity contribution in [1.29, 1.82) is 0 Å². The molecule has 1 heterocycles. The quantitative estimate of drug-likeness (QED) is 0.765. The molecule has 19 heavy (non-hydrogen) atoms. The fourth-order valence-corrected chi connectivity index (χ4v) is 2.40. The van der Waals surface area contributed by atoms with Gasteiger partial charge in [0.25, 0.3) is 5.91 Å². The van der Waals surface area contributed by atoms with Crippen LogP contribution >= 0.6 is 0 Å². The summed E-state index contributed by atoms with van der Waals surface area (Å²) >= 11 is 0. The Hall–Kier alpha value is -2.16. The molecule has 0 saturated heterocycles. The van der Waals surface area contributed by atoms with Crippen LogP contribution in [0.1, 0.15) is 21.5 Å². The Morgan fingerprint density at radius 2 is 1.79 bits per heavy atom. The van der Waals surface area contributed by atoms with Crippen LogP contribution in [0.3, 0.4) is 0 Å². The highest BCUT2D eigenvalue weighted by atomic mass is 19.1. The zero-order chi connectivity index (χ0) is 13.6. The van der Waals surface area contributed by atoms with Gasteiger partial charge in [-0.25, -0.2) is 4.39 Å². The molecule has 0 aromatic heterocycles. The minimum absolute atomic E-state index is 0.0319. The van der Waals surface area contributed by atoms with Crippen LogP contribution in [-0.2, 0) is 6.54 Å². The Morgan fingerprint density at radius 3 is 2.53 bits per heavy atom. The van der Waals surface area contributed by atoms with E-state index in [2.05, 4.69) is 0 Å². The van der Waals surface area contributed by atoms with Crippen LogP contribution in [0.5, 0.6) is 0 Å². The van der Waals surface area contributed by atoms with E-state index in [4.69, 9.17) is 0 Å². The van der Waals surface area contributed by atoms with Crippen molar-refractivity contribution in [2.75, 3.05) is 7.05 Å². The topological polar surface area (TPSA) is 20.3 Å². The maximum absolute atomic E-state index is 13.6. The summed E-state index contributed by atoms with van der Waals surface area (Å²) in [5, 5.41) is 0. The van der Waals surface area contributed by atoms with Gasteiger partial charge in [-0.15, -0.1) is 0 Å². The highest BCUT2D eigenvalue weighted by molar-refractivity contribution is 5.99. The molecule has 0 radical (unpaired) electrons. The monoisotopic (exact) mass is 255 g/mol. The second-order valence-corrected chi connectivity index (χ2v) is 5.00. The molecule has 3 heteroatoms. The molecule has 1 amide bonds. The van der Waals surface area contributed by atoms with E-state index in [9.17, 15) is 9.18 Å². The summed E-state index contributed by atoms with van der Waals surface area (Å²) in [4.78, 5) is 13.6.